The van der Waals surface area contributed by atoms with E-state index < -0.39 is 0 Å². The Morgan fingerprint density at radius 1 is 0.818 bits per heavy atom. The molecule has 0 unspecified atom stereocenters. The number of benzene rings is 2. The molecule has 1 aliphatic rings. The molecule has 4 aromatic rings. The van der Waals surface area contributed by atoms with Gasteiger partial charge in [0.15, 0.2) is 0 Å². The van der Waals surface area contributed by atoms with Crippen LogP contribution in [0.2, 0.25) is 10.0 Å². The van der Waals surface area contributed by atoms with Crippen LogP contribution < -0.4 is 0 Å². The lowest BCUT2D eigenvalue weighted by Crippen LogP contribution is -2.44. The lowest BCUT2D eigenvalue weighted by atomic mass is 10.0. The normalized spacial score (nSPS) is 15.4. The topological polar surface area (TPSA) is 24.3 Å². The summed E-state index contributed by atoms with van der Waals surface area (Å²) in [6, 6.07) is 16.2. The molecular formula is C27H28Cl2N4. The van der Waals surface area contributed by atoms with Gasteiger partial charge in [-0.05, 0) is 62.0 Å². The number of hydrogen-bond acceptors (Lipinski definition) is 3. The Kier molecular flexibility index (Phi) is 6.70. The number of rotatable bonds is 6. The third kappa shape index (κ3) is 5.10. The van der Waals surface area contributed by atoms with Crippen molar-refractivity contribution in [1.82, 2.24) is 19.4 Å². The minimum absolute atomic E-state index is 0.724. The first-order chi connectivity index (χ1) is 16.1. The fourth-order valence-electron chi connectivity index (χ4n) is 4.63. The van der Waals surface area contributed by atoms with Crippen LogP contribution in [0.5, 0.6) is 0 Å². The van der Waals surface area contributed by atoms with E-state index in [1.807, 2.05) is 36.7 Å². The maximum Gasteiger partial charge on any atom is 0.0487 e. The molecule has 1 fully saturated rings. The molecule has 1 saturated heterocycles. The molecule has 0 saturated carbocycles. The van der Waals surface area contributed by atoms with Gasteiger partial charge in [-0.1, -0.05) is 35.3 Å². The third-order valence-electron chi connectivity index (χ3n) is 6.52. The van der Waals surface area contributed by atoms with E-state index in [4.69, 9.17) is 23.2 Å². The van der Waals surface area contributed by atoms with Gasteiger partial charge in [0, 0.05) is 89.0 Å². The number of aromatic nitrogens is 2. The van der Waals surface area contributed by atoms with Crippen LogP contribution in [0.4, 0.5) is 0 Å². The minimum atomic E-state index is 0.724. The second kappa shape index (κ2) is 9.86. The number of nitrogens with zero attached hydrogens (tertiary/aromatic N) is 4. The minimum Gasteiger partial charge on any atom is -0.347 e. The third-order valence-corrected chi connectivity index (χ3v) is 6.99. The lowest BCUT2D eigenvalue weighted by Gasteiger charge is -2.32. The molecule has 0 spiro atoms. The lowest BCUT2D eigenvalue weighted by molar-refractivity contribution is 0.151. The number of likely N-dealkylation sites (N-methyl/N-ethyl adjacent to an activating group) is 1. The number of aryl methyl sites for hydroxylation is 1. The Balaban J connectivity index is 1.43. The molecule has 3 heterocycles. The van der Waals surface area contributed by atoms with E-state index >= 15 is 0 Å². The molecule has 5 rings (SSSR count). The van der Waals surface area contributed by atoms with Crippen LogP contribution in [0.3, 0.4) is 0 Å². The zero-order valence-electron chi connectivity index (χ0n) is 18.8. The van der Waals surface area contributed by atoms with E-state index in [0.29, 0.717) is 0 Å². The summed E-state index contributed by atoms with van der Waals surface area (Å²) in [6.45, 7) is 6.74. The van der Waals surface area contributed by atoms with E-state index in [9.17, 15) is 0 Å². The predicted molar refractivity (Wildman–Crippen MR) is 139 cm³/mol. The van der Waals surface area contributed by atoms with Gasteiger partial charge in [0.1, 0.15) is 0 Å². The fourth-order valence-corrected chi connectivity index (χ4v) is 5.00. The van der Waals surface area contributed by atoms with Gasteiger partial charge in [0.2, 0.25) is 0 Å². The van der Waals surface area contributed by atoms with Gasteiger partial charge in [0.05, 0.1) is 0 Å². The molecule has 170 valence electrons. The van der Waals surface area contributed by atoms with Crippen molar-refractivity contribution < 1.29 is 0 Å². The molecule has 0 amide bonds. The van der Waals surface area contributed by atoms with Crippen molar-refractivity contribution in [3.63, 3.8) is 0 Å². The molecule has 2 aromatic carbocycles. The van der Waals surface area contributed by atoms with E-state index in [1.165, 1.54) is 5.52 Å². The van der Waals surface area contributed by atoms with Crippen molar-refractivity contribution in [2.75, 3.05) is 39.8 Å². The van der Waals surface area contributed by atoms with Gasteiger partial charge < -0.3 is 14.4 Å². The van der Waals surface area contributed by atoms with Gasteiger partial charge in [-0.3, -0.25) is 4.98 Å². The van der Waals surface area contributed by atoms with Crippen LogP contribution in [-0.2, 0) is 6.54 Å². The number of hydrogen-bond donors (Lipinski definition) is 0. The van der Waals surface area contributed by atoms with Crippen LogP contribution in [0.15, 0.2) is 67.1 Å². The highest BCUT2D eigenvalue weighted by molar-refractivity contribution is 6.31. The number of fused-ring (bicyclic) bond motifs is 1. The smallest absolute Gasteiger partial charge is 0.0487 e. The maximum atomic E-state index is 6.40. The second-order valence-electron chi connectivity index (χ2n) is 8.87. The van der Waals surface area contributed by atoms with E-state index in [2.05, 4.69) is 56.9 Å². The highest BCUT2D eigenvalue weighted by atomic mass is 35.5. The Hall–Kier alpha value is -2.37. The molecule has 2 aromatic heterocycles. The first-order valence-corrected chi connectivity index (χ1v) is 12.2. The molecule has 1 aliphatic heterocycles. The molecular weight excluding hydrogens is 451 g/mol. The van der Waals surface area contributed by atoms with Crippen molar-refractivity contribution in [3.05, 3.63) is 77.2 Å². The zero-order chi connectivity index (χ0) is 22.8. The van der Waals surface area contributed by atoms with Crippen LogP contribution in [0, 0.1) is 0 Å². The average molecular weight is 479 g/mol. The summed E-state index contributed by atoms with van der Waals surface area (Å²) in [5, 5.41) is 2.63. The summed E-state index contributed by atoms with van der Waals surface area (Å²) in [6.07, 6.45) is 7.19. The van der Waals surface area contributed by atoms with Crippen molar-refractivity contribution in [3.8, 4) is 22.3 Å². The summed E-state index contributed by atoms with van der Waals surface area (Å²) in [5.41, 5.74) is 5.56. The monoisotopic (exact) mass is 478 g/mol. The van der Waals surface area contributed by atoms with Crippen molar-refractivity contribution in [2.24, 2.45) is 0 Å². The average Bonchev–Trinajstić information content (AvgIpc) is 3.18. The summed E-state index contributed by atoms with van der Waals surface area (Å²) in [4.78, 5) is 9.51. The Labute approximate surface area is 205 Å². The van der Waals surface area contributed by atoms with Crippen molar-refractivity contribution in [1.29, 1.82) is 0 Å². The summed E-state index contributed by atoms with van der Waals surface area (Å²) >= 11 is 12.6. The largest absolute Gasteiger partial charge is 0.347 e. The highest BCUT2D eigenvalue weighted by Gasteiger charge is 2.15. The number of pyridine rings is 1. The summed E-state index contributed by atoms with van der Waals surface area (Å²) < 4.78 is 2.36. The van der Waals surface area contributed by atoms with Crippen LogP contribution in [0.25, 0.3) is 33.2 Å². The van der Waals surface area contributed by atoms with Crippen LogP contribution in [0.1, 0.15) is 6.42 Å². The highest BCUT2D eigenvalue weighted by Crippen LogP contribution is 2.34. The van der Waals surface area contributed by atoms with E-state index in [0.717, 1.165) is 83.4 Å². The second-order valence-corrected chi connectivity index (χ2v) is 9.74. The van der Waals surface area contributed by atoms with Gasteiger partial charge in [0.25, 0.3) is 0 Å². The molecule has 4 nitrogen and oxygen atoms in total. The molecule has 0 bridgehead atoms. The standard InChI is InChI=1S/C27H28Cl2N4/c1-31-10-12-32(13-11-31)8-3-9-33-19-26(25-16-24(29)6-7-27(25)33)22-14-21(17-30-18-22)20-4-2-5-23(28)15-20/h2,4-7,14-19H,3,8-13H2,1H3. The van der Waals surface area contributed by atoms with Gasteiger partial charge in [-0.25, -0.2) is 0 Å². The Bertz CT molecular complexity index is 1260. The Morgan fingerprint density at radius 2 is 1.61 bits per heavy atom. The summed E-state index contributed by atoms with van der Waals surface area (Å²) in [5.74, 6) is 0. The summed E-state index contributed by atoms with van der Waals surface area (Å²) in [7, 11) is 2.20. The van der Waals surface area contributed by atoms with Gasteiger partial charge >= 0.3 is 0 Å². The van der Waals surface area contributed by atoms with Crippen molar-refractivity contribution in [2.45, 2.75) is 13.0 Å². The maximum absolute atomic E-state index is 6.40. The number of piperazine rings is 1. The molecule has 0 N–H and O–H groups in total. The first kappa shape index (κ1) is 22.4. The first-order valence-electron chi connectivity index (χ1n) is 11.5. The van der Waals surface area contributed by atoms with Gasteiger partial charge in [-0.15, -0.1) is 0 Å². The van der Waals surface area contributed by atoms with E-state index in [-0.39, 0.29) is 0 Å². The molecule has 0 radical (unpaired) electrons. The van der Waals surface area contributed by atoms with Crippen LogP contribution in [-0.4, -0.2) is 59.1 Å². The van der Waals surface area contributed by atoms with E-state index in [1.54, 1.807) is 0 Å². The fraction of sp³-hybridized carbons (Fsp3) is 0.296. The Morgan fingerprint density at radius 3 is 2.42 bits per heavy atom. The van der Waals surface area contributed by atoms with Crippen molar-refractivity contribution >= 4 is 34.1 Å². The number of halogens is 2. The molecule has 6 heteroatoms. The van der Waals surface area contributed by atoms with Crippen LogP contribution >= 0.6 is 23.2 Å². The van der Waals surface area contributed by atoms with Gasteiger partial charge in [-0.2, -0.15) is 0 Å². The SMILES string of the molecule is CN1CCN(CCCn2cc(-c3cncc(-c4cccc(Cl)c4)c3)c3cc(Cl)ccc32)CC1. The predicted octanol–water partition coefficient (Wildman–Crippen LogP) is 6.31. The quantitative estimate of drug-likeness (QED) is 0.324. The molecule has 33 heavy (non-hydrogen) atoms. The molecule has 0 atom stereocenters. The molecule has 0 aliphatic carbocycles. The zero-order valence-corrected chi connectivity index (χ0v) is 20.4.